The van der Waals surface area contributed by atoms with Gasteiger partial charge < -0.3 is 5.73 Å². The average molecular weight is 292 g/mol. The highest BCUT2D eigenvalue weighted by Crippen LogP contribution is 2.45. The van der Waals surface area contributed by atoms with Gasteiger partial charge in [-0.2, -0.15) is 13.2 Å². The Hall–Kier alpha value is -0.290. The van der Waals surface area contributed by atoms with Crippen LogP contribution in [-0.2, 0) is 0 Å². The van der Waals surface area contributed by atoms with E-state index in [0.29, 0.717) is 24.8 Å². The Bertz CT molecular complexity index is 322. The third-order valence-corrected chi connectivity index (χ3v) is 5.20. The van der Waals surface area contributed by atoms with Crippen LogP contribution in [0.5, 0.6) is 0 Å². The van der Waals surface area contributed by atoms with Crippen molar-refractivity contribution < 1.29 is 13.2 Å². The van der Waals surface area contributed by atoms with Gasteiger partial charge in [-0.15, -0.1) is 0 Å². The molecule has 2 nitrogen and oxygen atoms in total. The van der Waals surface area contributed by atoms with Gasteiger partial charge in [0.15, 0.2) is 0 Å². The standard InChI is InChI=1S/C15H27F3N2/c1-11-6-12(2)9-20(8-11)14(10-19)5-3-4-13(7-14)15(16,17)18/h11-13H,3-10,19H2,1-2H3. The monoisotopic (exact) mass is 292 g/mol. The number of halogens is 3. The van der Waals surface area contributed by atoms with Crippen molar-refractivity contribution in [3.8, 4) is 0 Å². The molecule has 2 aliphatic rings. The summed E-state index contributed by atoms with van der Waals surface area (Å²) in [4.78, 5) is 2.28. The molecule has 2 fully saturated rings. The van der Waals surface area contributed by atoms with E-state index >= 15 is 0 Å². The number of piperidine rings is 1. The van der Waals surface area contributed by atoms with E-state index in [1.807, 2.05) is 0 Å². The summed E-state index contributed by atoms with van der Waals surface area (Å²) in [5, 5.41) is 0. The lowest BCUT2D eigenvalue weighted by molar-refractivity contribution is -0.195. The molecule has 0 aromatic heterocycles. The molecule has 5 heteroatoms. The van der Waals surface area contributed by atoms with Gasteiger partial charge in [0, 0.05) is 25.2 Å². The summed E-state index contributed by atoms with van der Waals surface area (Å²) in [7, 11) is 0. The summed E-state index contributed by atoms with van der Waals surface area (Å²) < 4.78 is 39.2. The molecule has 4 unspecified atom stereocenters. The molecule has 2 N–H and O–H groups in total. The van der Waals surface area contributed by atoms with Crippen LogP contribution >= 0.6 is 0 Å². The smallest absolute Gasteiger partial charge is 0.329 e. The first-order valence-corrected chi connectivity index (χ1v) is 7.78. The lowest BCUT2D eigenvalue weighted by Crippen LogP contribution is -2.60. The highest BCUT2D eigenvalue weighted by molar-refractivity contribution is 4.99. The lowest BCUT2D eigenvalue weighted by Gasteiger charge is -2.52. The maximum atomic E-state index is 13.1. The SMILES string of the molecule is CC1CC(C)CN(C2(CN)CCCC(C(F)(F)F)C2)C1. The van der Waals surface area contributed by atoms with Crippen LogP contribution in [0.15, 0.2) is 0 Å². The molecule has 4 atom stereocenters. The fraction of sp³-hybridized carbons (Fsp3) is 1.00. The van der Waals surface area contributed by atoms with Crippen LogP contribution < -0.4 is 5.73 Å². The van der Waals surface area contributed by atoms with E-state index in [1.54, 1.807) is 0 Å². The van der Waals surface area contributed by atoms with Gasteiger partial charge in [0.2, 0.25) is 0 Å². The topological polar surface area (TPSA) is 29.3 Å². The average Bonchev–Trinajstić information content (AvgIpc) is 2.36. The van der Waals surface area contributed by atoms with Crippen molar-refractivity contribution in [1.29, 1.82) is 0 Å². The summed E-state index contributed by atoms with van der Waals surface area (Å²) in [6.45, 7) is 6.52. The minimum atomic E-state index is -4.08. The van der Waals surface area contributed by atoms with Crippen LogP contribution in [0, 0.1) is 17.8 Å². The molecule has 118 valence electrons. The van der Waals surface area contributed by atoms with Crippen LogP contribution in [0.2, 0.25) is 0 Å². The van der Waals surface area contributed by atoms with Gasteiger partial charge in [-0.3, -0.25) is 4.90 Å². The Kier molecular flexibility index (Phi) is 4.69. The number of hydrogen-bond donors (Lipinski definition) is 1. The van der Waals surface area contributed by atoms with E-state index in [0.717, 1.165) is 19.5 Å². The van der Waals surface area contributed by atoms with Crippen molar-refractivity contribution in [2.45, 2.75) is 57.7 Å². The molecule has 1 aliphatic carbocycles. The first-order valence-electron chi connectivity index (χ1n) is 7.78. The van der Waals surface area contributed by atoms with Crippen LogP contribution in [0.1, 0.15) is 46.0 Å². The highest BCUT2D eigenvalue weighted by atomic mass is 19.4. The number of nitrogens with zero attached hydrogens (tertiary/aromatic N) is 1. The molecule has 0 aromatic rings. The van der Waals surface area contributed by atoms with Gasteiger partial charge in [-0.25, -0.2) is 0 Å². The zero-order valence-corrected chi connectivity index (χ0v) is 12.5. The fourth-order valence-corrected chi connectivity index (χ4v) is 4.27. The van der Waals surface area contributed by atoms with Gasteiger partial charge in [0.1, 0.15) is 0 Å². The fourth-order valence-electron chi connectivity index (χ4n) is 4.27. The normalized spacial score (nSPS) is 40.8. The van der Waals surface area contributed by atoms with E-state index in [9.17, 15) is 13.2 Å². The van der Waals surface area contributed by atoms with Gasteiger partial charge in [0.05, 0.1) is 5.92 Å². The zero-order chi connectivity index (χ0) is 15.0. The van der Waals surface area contributed by atoms with Crippen molar-refractivity contribution in [2.75, 3.05) is 19.6 Å². The Labute approximate surface area is 119 Å². The molecule has 0 bridgehead atoms. The predicted molar refractivity (Wildman–Crippen MR) is 74.3 cm³/mol. The van der Waals surface area contributed by atoms with Crippen LogP contribution in [0.3, 0.4) is 0 Å². The number of nitrogens with two attached hydrogens (primary N) is 1. The van der Waals surface area contributed by atoms with E-state index in [-0.39, 0.29) is 12.8 Å². The van der Waals surface area contributed by atoms with Crippen molar-refractivity contribution in [3.05, 3.63) is 0 Å². The van der Waals surface area contributed by atoms with E-state index in [2.05, 4.69) is 18.7 Å². The van der Waals surface area contributed by atoms with Crippen molar-refractivity contribution in [2.24, 2.45) is 23.5 Å². The summed E-state index contributed by atoms with van der Waals surface area (Å²) >= 11 is 0. The third-order valence-electron chi connectivity index (χ3n) is 5.20. The second-order valence-electron chi connectivity index (χ2n) is 7.11. The maximum absolute atomic E-state index is 13.1. The maximum Gasteiger partial charge on any atom is 0.391 e. The van der Waals surface area contributed by atoms with E-state index in [1.165, 1.54) is 6.42 Å². The third kappa shape index (κ3) is 3.30. The first-order chi connectivity index (χ1) is 9.27. The summed E-state index contributed by atoms with van der Waals surface area (Å²) in [5.41, 5.74) is 5.53. The van der Waals surface area contributed by atoms with Gasteiger partial charge in [-0.1, -0.05) is 20.3 Å². The van der Waals surface area contributed by atoms with E-state index in [4.69, 9.17) is 5.73 Å². The molecule has 1 heterocycles. The number of rotatable bonds is 2. The van der Waals surface area contributed by atoms with Crippen LogP contribution in [-0.4, -0.2) is 36.2 Å². The van der Waals surface area contributed by atoms with Crippen molar-refractivity contribution in [3.63, 3.8) is 0 Å². The molecule has 2 rings (SSSR count). The quantitative estimate of drug-likeness (QED) is 0.845. The molecule has 0 spiro atoms. The molecule has 1 saturated heterocycles. The molecule has 0 aromatic carbocycles. The second kappa shape index (κ2) is 5.84. The largest absolute Gasteiger partial charge is 0.391 e. The first kappa shape index (κ1) is 16.1. The Morgan fingerprint density at radius 1 is 1.20 bits per heavy atom. The molecular weight excluding hydrogens is 265 g/mol. The van der Waals surface area contributed by atoms with Crippen LogP contribution in [0.4, 0.5) is 13.2 Å². The van der Waals surface area contributed by atoms with E-state index < -0.39 is 17.6 Å². The summed E-state index contributed by atoms with van der Waals surface area (Å²) in [6, 6.07) is 0. The molecular formula is C15H27F3N2. The number of hydrogen-bond acceptors (Lipinski definition) is 2. The zero-order valence-electron chi connectivity index (χ0n) is 12.5. The summed E-state index contributed by atoms with van der Waals surface area (Å²) in [6.07, 6.45) is -0.999. The molecule has 0 amide bonds. The number of alkyl halides is 3. The molecule has 1 saturated carbocycles. The van der Waals surface area contributed by atoms with Crippen molar-refractivity contribution >= 4 is 0 Å². The van der Waals surface area contributed by atoms with Gasteiger partial charge in [-0.05, 0) is 37.5 Å². The lowest BCUT2D eigenvalue weighted by atomic mass is 9.72. The van der Waals surface area contributed by atoms with Crippen LogP contribution in [0.25, 0.3) is 0 Å². The Morgan fingerprint density at radius 3 is 2.30 bits per heavy atom. The minimum absolute atomic E-state index is 0.187. The van der Waals surface area contributed by atoms with Gasteiger partial charge >= 0.3 is 6.18 Å². The molecule has 1 aliphatic heterocycles. The Balaban J connectivity index is 2.15. The number of likely N-dealkylation sites (tertiary alicyclic amines) is 1. The Morgan fingerprint density at radius 2 is 1.80 bits per heavy atom. The van der Waals surface area contributed by atoms with Crippen molar-refractivity contribution in [1.82, 2.24) is 4.90 Å². The minimum Gasteiger partial charge on any atom is -0.329 e. The predicted octanol–water partition coefficient (Wildman–Crippen LogP) is 3.41. The summed E-state index contributed by atoms with van der Waals surface area (Å²) in [5.74, 6) is -0.0748. The second-order valence-corrected chi connectivity index (χ2v) is 7.11. The molecule has 20 heavy (non-hydrogen) atoms. The van der Waals surface area contributed by atoms with Gasteiger partial charge in [0.25, 0.3) is 0 Å². The highest BCUT2D eigenvalue weighted by Gasteiger charge is 2.50. The molecule has 0 radical (unpaired) electrons.